The Morgan fingerprint density at radius 2 is 1.81 bits per heavy atom. The van der Waals surface area contributed by atoms with Gasteiger partial charge in [-0.15, -0.1) is 0 Å². The van der Waals surface area contributed by atoms with Crippen molar-refractivity contribution in [3.8, 4) is 0 Å². The van der Waals surface area contributed by atoms with Crippen LogP contribution in [0.1, 0.15) is 44.7 Å². The van der Waals surface area contributed by atoms with Crippen LogP contribution in [0.25, 0.3) is 0 Å². The summed E-state index contributed by atoms with van der Waals surface area (Å²) in [5.41, 5.74) is -0.474. The normalized spacial score (nSPS) is 17.7. The molecule has 0 unspecified atom stereocenters. The maximum absolute atomic E-state index is 13.4. The van der Waals surface area contributed by atoms with Crippen LogP contribution in [0.15, 0.2) is 89.4 Å². The predicted octanol–water partition coefficient (Wildman–Crippen LogP) is 6.47. The Morgan fingerprint density at radius 1 is 1.10 bits per heavy atom. The summed E-state index contributed by atoms with van der Waals surface area (Å²) >= 11 is 0. The molecule has 0 amide bonds. The van der Waals surface area contributed by atoms with Gasteiger partial charge in [0.2, 0.25) is 0 Å². The molecule has 224 valence electrons. The van der Waals surface area contributed by atoms with E-state index in [0.29, 0.717) is 30.8 Å². The summed E-state index contributed by atoms with van der Waals surface area (Å²) in [6, 6.07) is 17.3. The molecule has 0 saturated heterocycles. The summed E-state index contributed by atoms with van der Waals surface area (Å²) < 4.78 is 72.6. The second-order valence-corrected chi connectivity index (χ2v) is 12.0. The van der Waals surface area contributed by atoms with Gasteiger partial charge in [0, 0.05) is 24.8 Å². The fraction of sp³-hybridized carbons (Fsp3) is 0.333. The van der Waals surface area contributed by atoms with Crippen LogP contribution in [0.3, 0.4) is 0 Å². The topological polar surface area (TPSA) is 109 Å². The minimum Gasteiger partial charge on any atom is -0.510 e. The third-order valence-electron chi connectivity index (χ3n) is 7.30. The summed E-state index contributed by atoms with van der Waals surface area (Å²) in [4.78, 5) is 18.4. The highest BCUT2D eigenvalue weighted by atomic mass is 32.2. The van der Waals surface area contributed by atoms with Crippen molar-refractivity contribution in [2.75, 3.05) is 16.2 Å². The van der Waals surface area contributed by atoms with Crippen molar-refractivity contribution >= 4 is 27.4 Å². The van der Waals surface area contributed by atoms with Gasteiger partial charge in [-0.3, -0.25) is 4.72 Å². The van der Waals surface area contributed by atoms with Gasteiger partial charge in [0.15, 0.2) is 10.7 Å². The number of aliphatic hydroxyl groups excluding tert-OH is 1. The molecular weight excluding hydrogens is 571 g/mol. The molecule has 3 aromatic rings. The van der Waals surface area contributed by atoms with Crippen LogP contribution >= 0.6 is 0 Å². The van der Waals surface area contributed by atoms with E-state index in [1.165, 1.54) is 17.0 Å². The number of nitrogens with one attached hydrogen (secondary N) is 1. The van der Waals surface area contributed by atoms with Crippen LogP contribution in [0.2, 0.25) is 0 Å². The first-order valence-corrected chi connectivity index (χ1v) is 14.9. The number of rotatable bonds is 10. The van der Waals surface area contributed by atoms with Gasteiger partial charge in [0.05, 0.1) is 11.3 Å². The molecule has 1 aliphatic heterocycles. The third kappa shape index (κ3) is 6.70. The van der Waals surface area contributed by atoms with Crippen molar-refractivity contribution in [2.45, 2.75) is 56.8 Å². The van der Waals surface area contributed by atoms with E-state index in [2.05, 4.69) is 9.71 Å². The van der Waals surface area contributed by atoms with E-state index in [1.54, 1.807) is 19.1 Å². The first-order chi connectivity index (χ1) is 19.8. The summed E-state index contributed by atoms with van der Waals surface area (Å²) in [6.07, 6.45) is -2.93. The number of ether oxygens (including phenoxy) is 1. The highest BCUT2D eigenvalue weighted by Gasteiger charge is 2.45. The van der Waals surface area contributed by atoms with E-state index in [1.807, 2.05) is 44.2 Å². The lowest BCUT2D eigenvalue weighted by Gasteiger charge is -2.42. The number of aryl methyl sites for hydroxylation is 1. The number of anilines is 2. The Morgan fingerprint density at radius 3 is 2.38 bits per heavy atom. The zero-order valence-corrected chi connectivity index (χ0v) is 24.2. The largest absolute Gasteiger partial charge is 0.510 e. The number of sulfonamides is 1. The molecule has 12 heteroatoms. The Labute approximate surface area is 242 Å². The van der Waals surface area contributed by atoms with E-state index in [9.17, 15) is 31.5 Å². The second-order valence-electron chi connectivity index (χ2n) is 10.3. The summed E-state index contributed by atoms with van der Waals surface area (Å²) in [5, 5.41) is 10.6. The minimum absolute atomic E-state index is 0.0436. The molecule has 8 nitrogen and oxygen atoms in total. The monoisotopic (exact) mass is 603 g/mol. The Bertz CT molecular complexity index is 1560. The van der Waals surface area contributed by atoms with Crippen LogP contribution in [0.5, 0.6) is 0 Å². The summed E-state index contributed by atoms with van der Waals surface area (Å²) in [7, 11) is -4.33. The maximum atomic E-state index is 13.4. The van der Waals surface area contributed by atoms with Crippen molar-refractivity contribution in [2.24, 2.45) is 5.92 Å². The van der Waals surface area contributed by atoms with E-state index >= 15 is 0 Å². The molecule has 2 N–H and O–H groups in total. The Kier molecular flexibility index (Phi) is 8.86. The SMILES string of the molecule is CCN(C1=C(O)C[C@@](CCc2ccccc2)(C(C)C)OC1=O)c1cccc(NS(=O)(=O)c2ccc(C(F)(F)F)cn2)c1. The summed E-state index contributed by atoms with van der Waals surface area (Å²) in [5.74, 6) is -0.905. The number of carbonyl (C=O) groups excluding carboxylic acids is 1. The molecule has 4 rings (SSSR count). The van der Waals surface area contributed by atoms with Gasteiger partial charge in [0.1, 0.15) is 11.4 Å². The van der Waals surface area contributed by atoms with Crippen molar-refractivity contribution in [3.05, 3.63) is 95.5 Å². The Hall–Kier alpha value is -4.06. The number of hydrogen-bond acceptors (Lipinski definition) is 7. The van der Waals surface area contributed by atoms with E-state index in [-0.39, 0.29) is 36.0 Å². The molecule has 42 heavy (non-hydrogen) atoms. The average molecular weight is 604 g/mol. The average Bonchev–Trinajstić information content (AvgIpc) is 2.94. The number of aromatic nitrogens is 1. The molecule has 0 radical (unpaired) electrons. The maximum Gasteiger partial charge on any atom is 0.417 e. The Balaban J connectivity index is 1.58. The van der Waals surface area contributed by atoms with Crippen molar-refractivity contribution < 1.29 is 36.2 Å². The van der Waals surface area contributed by atoms with Crippen LogP contribution in [-0.2, 0) is 32.2 Å². The van der Waals surface area contributed by atoms with Crippen molar-refractivity contribution in [1.82, 2.24) is 4.98 Å². The van der Waals surface area contributed by atoms with Gasteiger partial charge in [-0.05, 0) is 61.6 Å². The van der Waals surface area contributed by atoms with Crippen LogP contribution in [0, 0.1) is 5.92 Å². The number of cyclic esters (lactones) is 1. The zero-order valence-electron chi connectivity index (χ0n) is 23.4. The first kappa shape index (κ1) is 30.9. The quantitative estimate of drug-likeness (QED) is 0.256. The molecule has 0 bridgehead atoms. The third-order valence-corrected chi connectivity index (χ3v) is 8.59. The number of pyridine rings is 1. The van der Waals surface area contributed by atoms with Crippen LogP contribution in [0.4, 0.5) is 24.5 Å². The molecule has 0 saturated carbocycles. The molecule has 0 spiro atoms. The van der Waals surface area contributed by atoms with Gasteiger partial charge < -0.3 is 14.7 Å². The van der Waals surface area contributed by atoms with E-state index in [4.69, 9.17) is 4.74 Å². The smallest absolute Gasteiger partial charge is 0.417 e. The molecule has 0 fully saturated rings. The van der Waals surface area contributed by atoms with Gasteiger partial charge in [-0.2, -0.15) is 21.6 Å². The number of benzene rings is 2. The fourth-order valence-electron chi connectivity index (χ4n) is 4.89. The molecule has 1 atom stereocenters. The first-order valence-electron chi connectivity index (χ1n) is 13.4. The number of hydrogen-bond donors (Lipinski definition) is 2. The highest BCUT2D eigenvalue weighted by molar-refractivity contribution is 7.92. The van der Waals surface area contributed by atoms with E-state index in [0.717, 1.165) is 11.6 Å². The second kappa shape index (κ2) is 12.0. The number of alkyl halides is 3. The minimum atomic E-state index is -4.65. The molecule has 2 aromatic carbocycles. The number of carbonyl (C=O) groups is 1. The molecule has 0 aliphatic carbocycles. The number of nitrogens with zero attached hydrogens (tertiary/aromatic N) is 2. The highest BCUT2D eigenvalue weighted by Crippen LogP contribution is 2.40. The van der Waals surface area contributed by atoms with Gasteiger partial charge >= 0.3 is 12.1 Å². The molecule has 1 aromatic heterocycles. The number of halogens is 3. The number of likely N-dealkylation sites (N-methyl/N-ethyl adjacent to an activating group) is 1. The molecule has 2 heterocycles. The number of aliphatic hydroxyl groups is 1. The van der Waals surface area contributed by atoms with E-state index < -0.39 is 38.4 Å². The van der Waals surface area contributed by atoms with Gasteiger partial charge in [-0.25, -0.2) is 9.78 Å². The van der Waals surface area contributed by atoms with Gasteiger partial charge in [-0.1, -0.05) is 50.2 Å². The number of esters is 1. The predicted molar refractivity (Wildman–Crippen MR) is 152 cm³/mol. The lowest BCUT2D eigenvalue weighted by molar-refractivity contribution is -0.166. The van der Waals surface area contributed by atoms with Crippen LogP contribution < -0.4 is 9.62 Å². The lowest BCUT2D eigenvalue weighted by Crippen LogP contribution is -2.47. The van der Waals surface area contributed by atoms with Crippen LogP contribution in [-0.4, -0.2) is 36.6 Å². The lowest BCUT2D eigenvalue weighted by atomic mass is 9.79. The van der Waals surface area contributed by atoms with Crippen molar-refractivity contribution in [3.63, 3.8) is 0 Å². The summed E-state index contributed by atoms with van der Waals surface area (Å²) in [6.45, 7) is 5.88. The fourth-order valence-corrected chi connectivity index (χ4v) is 5.87. The van der Waals surface area contributed by atoms with Crippen molar-refractivity contribution in [1.29, 1.82) is 0 Å². The zero-order chi connectivity index (χ0) is 30.7. The molecular formula is C30H32F3N3O5S. The standard InChI is InChI=1S/C30H32F3N3O5S/c1-4-36(27-25(37)18-29(20(2)3,41-28(27)38)16-15-21-9-6-5-7-10-21)24-12-8-11-23(17-24)35-42(39,40)26-14-13-22(19-34-26)30(31,32)33/h5-14,17,19-20,35,37H,4,15-16,18H2,1-3H3/t29-/m0/s1. The van der Waals surface area contributed by atoms with Gasteiger partial charge in [0.25, 0.3) is 10.0 Å². The molecule has 1 aliphatic rings.